The Labute approximate surface area is 200 Å². The molecule has 1 unspecified atom stereocenters. The van der Waals surface area contributed by atoms with Gasteiger partial charge in [0.25, 0.3) is 0 Å². The van der Waals surface area contributed by atoms with Crippen LogP contribution in [-0.4, -0.2) is 63.8 Å². The maximum Gasteiger partial charge on any atom is 0.338 e. The summed E-state index contributed by atoms with van der Waals surface area (Å²) >= 11 is 0. The first-order valence-electron chi connectivity index (χ1n) is 11.6. The van der Waals surface area contributed by atoms with Gasteiger partial charge in [0, 0.05) is 44.1 Å². The molecular formula is C26H32N4O4. The van der Waals surface area contributed by atoms with Crippen molar-refractivity contribution in [1.29, 1.82) is 0 Å². The molecule has 0 radical (unpaired) electrons. The van der Waals surface area contributed by atoms with E-state index in [-0.39, 0.29) is 6.03 Å². The number of nitrogens with zero attached hydrogens (tertiary/aromatic N) is 2. The molecule has 0 spiro atoms. The molecule has 180 valence electrons. The van der Waals surface area contributed by atoms with Crippen LogP contribution in [0.4, 0.5) is 10.5 Å². The topological polar surface area (TPSA) is 83.1 Å². The van der Waals surface area contributed by atoms with Crippen LogP contribution >= 0.6 is 0 Å². The quantitative estimate of drug-likeness (QED) is 0.614. The average molecular weight is 465 g/mol. The molecule has 8 heteroatoms. The number of rotatable bonds is 7. The Morgan fingerprint density at radius 1 is 1.00 bits per heavy atom. The number of carbonyl (C=O) groups excluding carboxylic acids is 2. The number of anilines is 1. The van der Waals surface area contributed by atoms with Crippen molar-refractivity contribution >= 4 is 17.7 Å². The lowest BCUT2D eigenvalue weighted by molar-refractivity contribution is -0.136. The van der Waals surface area contributed by atoms with E-state index in [1.807, 2.05) is 36.4 Å². The number of urea groups is 1. The van der Waals surface area contributed by atoms with Gasteiger partial charge in [-0.1, -0.05) is 31.2 Å². The summed E-state index contributed by atoms with van der Waals surface area (Å²) in [6.45, 7) is 5.88. The summed E-state index contributed by atoms with van der Waals surface area (Å²) in [6, 6.07) is 15.2. The highest BCUT2D eigenvalue weighted by Crippen LogP contribution is 2.29. The summed E-state index contributed by atoms with van der Waals surface area (Å²) in [5.41, 5.74) is 4.25. The largest absolute Gasteiger partial charge is 0.497 e. The number of nitrogens with one attached hydrogen (secondary N) is 2. The van der Waals surface area contributed by atoms with Crippen LogP contribution < -0.4 is 20.3 Å². The van der Waals surface area contributed by atoms with Gasteiger partial charge in [-0.3, -0.25) is 4.90 Å². The van der Waals surface area contributed by atoms with Crippen molar-refractivity contribution in [2.24, 2.45) is 0 Å². The molecule has 2 aromatic carbocycles. The van der Waals surface area contributed by atoms with Gasteiger partial charge in [0.15, 0.2) is 0 Å². The van der Waals surface area contributed by atoms with E-state index in [4.69, 9.17) is 9.47 Å². The van der Waals surface area contributed by atoms with Crippen LogP contribution in [0.5, 0.6) is 5.75 Å². The van der Waals surface area contributed by atoms with Gasteiger partial charge in [-0.05, 0) is 41.8 Å². The van der Waals surface area contributed by atoms with E-state index in [2.05, 4.69) is 39.5 Å². The fourth-order valence-corrected chi connectivity index (χ4v) is 4.47. The van der Waals surface area contributed by atoms with Crippen LogP contribution in [0.15, 0.2) is 59.8 Å². The summed E-state index contributed by atoms with van der Waals surface area (Å²) in [4.78, 5) is 29.9. The van der Waals surface area contributed by atoms with Crippen molar-refractivity contribution in [3.63, 3.8) is 0 Å². The van der Waals surface area contributed by atoms with Crippen LogP contribution in [0.1, 0.15) is 24.1 Å². The molecule has 0 saturated carbocycles. The van der Waals surface area contributed by atoms with E-state index >= 15 is 0 Å². The van der Waals surface area contributed by atoms with Gasteiger partial charge in [-0.15, -0.1) is 0 Å². The summed E-state index contributed by atoms with van der Waals surface area (Å²) in [6.07, 6.45) is 0.923. The number of carbonyl (C=O) groups is 2. The minimum absolute atomic E-state index is 0.316. The predicted octanol–water partition coefficient (Wildman–Crippen LogP) is 2.86. The number of piperazine rings is 1. The molecule has 1 fully saturated rings. The van der Waals surface area contributed by atoms with Crippen molar-refractivity contribution in [3.8, 4) is 5.75 Å². The molecule has 4 rings (SSSR count). The second-order valence-corrected chi connectivity index (χ2v) is 8.47. The van der Waals surface area contributed by atoms with Gasteiger partial charge in [-0.25, -0.2) is 9.59 Å². The van der Waals surface area contributed by atoms with Crippen LogP contribution in [-0.2, 0) is 16.0 Å². The number of ether oxygens (including phenoxy) is 2. The standard InChI is InChI=1S/C26H32N4O4/c1-4-18-5-7-19(8-6-18)24-23(25(31)34-3)22(27-26(32)28-24)17-29-13-15-30(16-14-29)20-9-11-21(33-2)12-10-20/h5-12,24H,4,13-17H2,1-3H3,(H2,27,28,32). The lowest BCUT2D eigenvalue weighted by Gasteiger charge is -2.38. The zero-order valence-corrected chi connectivity index (χ0v) is 20.0. The minimum atomic E-state index is -0.553. The Morgan fingerprint density at radius 2 is 1.68 bits per heavy atom. The number of hydrogen-bond acceptors (Lipinski definition) is 6. The van der Waals surface area contributed by atoms with E-state index in [1.165, 1.54) is 12.7 Å². The molecule has 2 aliphatic rings. The Balaban J connectivity index is 1.51. The molecule has 2 amide bonds. The van der Waals surface area contributed by atoms with Gasteiger partial charge in [-0.2, -0.15) is 0 Å². The van der Waals surface area contributed by atoms with Gasteiger partial charge in [0.05, 0.1) is 25.8 Å². The molecular weight excluding hydrogens is 432 g/mol. The Bertz CT molecular complexity index is 1040. The maximum absolute atomic E-state index is 12.8. The van der Waals surface area contributed by atoms with E-state index in [1.54, 1.807) is 7.11 Å². The third-order valence-electron chi connectivity index (χ3n) is 6.47. The first-order chi connectivity index (χ1) is 16.5. The van der Waals surface area contributed by atoms with Crippen molar-refractivity contribution in [2.75, 3.05) is 51.8 Å². The summed E-state index contributed by atoms with van der Waals surface area (Å²) in [5, 5.41) is 5.76. The van der Waals surface area contributed by atoms with E-state index < -0.39 is 12.0 Å². The monoisotopic (exact) mass is 464 g/mol. The molecule has 0 aromatic heterocycles. The zero-order valence-electron chi connectivity index (χ0n) is 20.0. The average Bonchev–Trinajstić information content (AvgIpc) is 2.88. The number of aryl methyl sites for hydroxylation is 1. The molecule has 1 atom stereocenters. The smallest absolute Gasteiger partial charge is 0.338 e. The summed E-state index contributed by atoms with van der Waals surface area (Å²) in [5.74, 6) is 0.397. The van der Waals surface area contributed by atoms with Crippen molar-refractivity contribution < 1.29 is 19.1 Å². The van der Waals surface area contributed by atoms with E-state index in [9.17, 15) is 9.59 Å². The van der Waals surface area contributed by atoms with Crippen LogP contribution in [0.2, 0.25) is 0 Å². The molecule has 1 saturated heterocycles. The zero-order chi connectivity index (χ0) is 24.1. The van der Waals surface area contributed by atoms with Gasteiger partial charge in [0.2, 0.25) is 0 Å². The molecule has 2 N–H and O–H groups in total. The lowest BCUT2D eigenvalue weighted by atomic mass is 9.94. The summed E-state index contributed by atoms with van der Waals surface area (Å²) < 4.78 is 10.4. The first-order valence-corrected chi connectivity index (χ1v) is 11.6. The van der Waals surface area contributed by atoms with Crippen LogP contribution in [0, 0.1) is 0 Å². The SMILES string of the molecule is CCc1ccc(C2NC(=O)NC(CN3CCN(c4ccc(OC)cc4)CC3)=C2C(=O)OC)cc1. The third kappa shape index (κ3) is 5.17. The Morgan fingerprint density at radius 3 is 2.26 bits per heavy atom. The molecule has 2 aromatic rings. The minimum Gasteiger partial charge on any atom is -0.497 e. The van der Waals surface area contributed by atoms with Gasteiger partial charge in [0.1, 0.15) is 5.75 Å². The molecule has 0 bridgehead atoms. The third-order valence-corrected chi connectivity index (χ3v) is 6.47. The molecule has 2 heterocycles. The molecule has 8 nitrogen and oxygen atoms in total. The number of hydrogen-bond donors (Lipinski definition) is 2. The number of methoxy groups -OCH3 is 2. The number of benzene rings is 2. The lowest BCUT2D eigenvalue weighted by Crippen LogP contribution is -2.51. The Kier molecular flexibility index (Phi) is 7.37. The van der Waals surface area contributed by atoms with Crippen molar-refractivity contribution in [1.82, 2.24) is 15.5 Å². The number of amides is 2. The fraction of sp³-hybridized carbons (Fsp3) is 0.385. The highest BCUT2D eigenvalue weighted by atomic mass is 16.5. The Hall–Kier alpha value is -3.52. The van der Waals surface area contributed by atoms with E-state index in [0.717, 1.165) is 49.6 Å². The van der Waals surface area contributed by atoms with E-state index in [0.29, 0.717) is 17.8 Å². The fourth-order valence-electron chi connectivity index (χ4n) is 4.47. The summed E-state index contributed by atoms with van der Waals surface area (Å²) in [7, 11) is 3.03. The predicted molar refractivity (Wildman–Crippen MR) is 131 cm³/mol. The highest BCUT2D eigenvalue weighted by Gasteiger charge is 2.34. The number of esters is 1. The van der Waals surface area contributed by atoms with Crippen LogP contribution in [0.25, 0.3) is 0 Å². The van der Waals surface area contributed by atoms with Crippen LogP contribution in [0.3, 0.4) is 0 Å². The van der Waals surface area contributed by atoms with Gasteiger partial charge >= 0.3 is 12.0 Å². The van der Waals surface area contributed by atoms with Crippen molar-refractivity contribution in [3.05, 3.63) is 70.9 Å². The molecule has 0 aliphatic carbocycles. The van der Waals surface area contributed by atoms with Gasteiger partial charge < -0.3 is 25.0 Å². The maximum atomic E-state index is 12.8. The normalized spacial score (nSPS) is 18.9. The van der Waals surface area contributed by atoms with Crippen molar-refractivity contribution in [2.45, 2.75) is 19.4 Å². The second kappa shape index (κ2) is 10.6. The molecule has 34 heavy (non-hydrogen) atoms. The second-order valence-electron chi connectivity index (χ2n) is 8.47. The highest BCUT2D eigenvalue weighted by molar-refractivity contribution is 5.95. The molecule has 2 aliphatic heterocycles. The first kappa shape index (κ1) is 23.6.